The highest BCUT2D eigenvalue weighted by Gasteiger charge is 2.37. The molecule has 4 aromatic carbocycles. The Morgan fingerprint density at radius 2 is 1.47 bits per heavy atom. The van der Waals surface area contributed by atoms with Crippen molar-refractivity contribution in [3.8, 4) is 5.75 Å². The third-order valence-corrected chi connectivity index (χ3v) is 8.35. The van der Waals surface area contributed by atoms with E-state index >= 15 is 0 Å². The van der Waals surface area contributed by atoms with Crippen molar-refractivity contribution < 1.29 is 39.7 Å². The molecule has 10 nitrogen and oxygen atoms in total. The summed E-state index contributed by atoms with van der Waals surface area (Å²) in [5.41, 5.74) is 10.2. The van der Waals surface area contributed by atoms with E-state index in [1.807, 2.05) is 24.3 Å². The fourth-order valence-corrected chi connectivity index (χ4v) is 6.32. The maximum absolute atomic E-state index is 12.5. The summed E-state index contributed by atoms with van der Waals surface area (Å²) < 4.78 is 83.4. The van der Waals surface area contributed by atoms with E-state index in [0.717, 1.165) is 20.2 Å². The maximum atomic E-state index is 12.5. The zero-order chi connectivity index (χ0) is 31.9. The van der Waals surface area contributed by atoms with Gasteiger partial charge < -0.3 is 9.15 Å². The Morgan fingerprint density at radius 1 is 0.822 bits per heavy atom. The average molecular weight is 638 g/mol. The van der Waals surface area contributed by atoms with Crippen LogP contribution in [0.2, 0.25) is 0 Å². The molecule has 2 heterocycles. The van der Waals surface area contributed by atoms with Crippen LogP contribution in [0, 0.1) is 0 Å². The van der Waals surface area contributed by atoms with Crippen LogP contribution in [0.25, 0.3) is 43.7 Å². The molecule has 1 aliphatic heterocycles. The number of rotatable bonds is 6. The largest absolute Gasteiger partial charge is 0.438 e. The Hall–Kier alpha value is -5.63. The second-order valence-electron chi connectivity index (χ2n) is 9.51. The lowest BCUT2D eigenvalue weighted by molar-refractivity contribution is -0.552. The van der Waals surface area contributed by atoms with Crippen LogP contribution < -0.4 is 14.2 Å². The molecule has 45 heavy (non-hydrogen) atoms. The van der Waals surface area contributed by atoms with E-state index in [-0.39, 0.29) is 11.8 Å². The van der Waals surface area contributed by atoms with Crippen molar-refractivity contribution in [2.24, 2.45) is 0 Å². The number of benzene rings is 4. The number of nitrogens with zero attached hydrogens (tertiary/aromatic N) is 2. The number of hydrogen-bond acceptors (Lipinski definition) is 7. The van der Waals surface area contributed by atoms with Crippen molar-refractivity contribution in [1.82, 2.24) is 0 Å². The molecule has 2 N–H and O–H groups in total. The van der Waals surface area contributed by atoms with Crippen LogP contribution in [0.3, 0.4) is 0 Å². The summed E-state index contributed by atoms with van der Waals surface area (Å²) in [6, 6.07) is 21.3. The van der Waals surface area contributed by atoms with Gasteiger partial charge in [0, 0.05) is 11.1 Å². The van der Waals surface area contributed by atoms with Crippen molar-refractivity contribution >= 4 is 69.7 Å². The molecule has 0 amide bonds. The first-order valence-electron chi connectivity index (χ1n) is 13.0. The highest BCUT2D eigenvalue weighted by atomic mass is 32.2. The molecule has 0 saturated heterocycles. The van der Waals surface area contributed by atoms with Gasteiger partial charge >= 0.3 is 31.2 Å². The van der Waals surface area contributed by atoms with Crippen molar-refractivity contribution in [3.05, 3.63) is 138 Å². The summed E-state index contributed by atoms with van der Waals surface area (Å²) >= 11 is 0. The number of anilines is 1. The van der Waals surface area contributed by atoms with Crippen LogP contribution in [-0.2, 0) is 20.2 Å². The van der Waals surface area contributed by atoms with Crippen LogP contribution in [-0.4, -0.2) is 25.9 Å². The van der Waals surface area contributed by atoms with Crippen molar-refractivity contribution in [2.75, 3.05) is 4.90 Å². The van der Waals surface area contributed by atoms with Crippen molar-refractivity contribution in [3.63, 3.8) is 0 Å². The molecule has 0 aliphatic carbocycles. The summed E-state index contributed by atoms with van der Waals surface area (Å²) in [5.74, 6) is 0.175. The van der Waals surface area contributed by atoms with E-state index in [9.17, 15) is 25.9 Å². The molecule has 0 spiro atoms. The Kier molecular flexibility index (Phi) is 7.29. The van der Waals surface area contributed by atoms with Gasteiger partial charge in [-0.3, -0.25) is 14.0 Å². The van der Waals surface area contributed by atoms with Gasteiger partial charge in [-0.05, 0) is 60.0 Å². The third-order valence-electron chi connectivity index (χ3n) is 6.81. The van der Waals surface area contributed by atoms with Gasteiger partial charge in [0.25, 0.3) is 5.52 Å². The molecule has 1 aliphatic rings. The normalized spacial score (nSPS) is 13.8. The first-order chi connectivity index (χ1) is 21.5. The molecule has 0 saturated carbocycles. The van der Waals surface area contributed by atoms with Gasteiger partial charge in [0.15, 0.2) is 5.75 Å². The summed E-state index contributed by atoms with van der Waals surface area (Å²) in [5, 5.41) is 1.41. The molecule has 0 fully saturated rings. The van der Waals surface area contributed by atoms with Crippen LogP contribution in [0.15, 0.2) is 136 Å². The van der Waals surface area contributed by atoms with Crippen LogP contribution in [0.5, 0.6) is 5.75 Å². The molecule has 0 atom stereocenters. The van der Waals surface area contributed by atoms with E-state index in [0.29, 0.717) is 33.3 Å². The zero-order valence-electron chi connectivity index (χ0n) is 23.1. The molecule has 1 aromatic heterocycles. The lowest BCUT2D eigenvalue weighted by Gasteiger charge is -2.18. The standard InChI is InChI=1S/C33H20N2O8S2/c1-3-10-30(44(36,37)38)34-28(42-26-20-18-22-12-5-7-14-24(22)32(26)34)16-9-17-29-35(31(11-4-2)45(39,40)41)33-25-15-8-6-13-23(25)19-21-27(33)43-29/h5-9,12-21H,1-2H2,(H-,36,37,38,39,40,41)/p+1. The molecule has 5 aromatic rings. The van der Waals surface area contributed by atoms with Gasteiger partial charge in [-0.25, -0.2) is 0 Å². The highest BCUT2D eigenvalue weighted by Crippen LogP contribution is 2.46. The van der Waals surface area contributed by atoms with Crippen molar-refractivity contribution in [1.29, 1.82) is 0 Å². The summed E-state index contributed by atoms with van der Waals surface area (Å²) in [7, 11) is -9.74. The monoisotopic (exact) mass is 637 g/mol. The van der Waals surface area contributed by atoms with Crippen molar-refractivity contribution in [2.45, 2.75) is 0 Å². The Morgan fingerprint density at radius 3 is 2.13 bits per heavy atom. The molecule has 6 rings (SSSR count). The third kappa shape index (κ3) is 5.25. The lowest BCUT2D eigenvalue weighted by Crippen LogP contribution is -2.37. The minimum Gasteiger partial charge on any atom is -0.438 e. The van der Waals surface area contributed by atoms with Gasteiger partial charge in [0.1, 0.15) is 5.69 Å². The fourth-order valence-electron chi connectivity index (χ4n) is 5.09. The molecule has 0 unspecified atom stereocenters. The predicted molar refractivity (Wildman–Crippen MR) is 170 cm³/mol. The molecular weight excluding hydrogens is 617 g/mol. The average Bonchev–Trinajstić information content (AvgIpc) is 3.55. The van der Waals surface area contributed by atoms with E-state index in [2.05, 4.69) is 36.1 Å². The first kappa shape index (κ1) is 29.4. The zero-order valence-corrected chi connectivity index (χ0v) is 24.8. The number of oxazole rings is 1. The predicted octanol–water partition coefficient (Wildman–Crippen LogP) is 6.08. The molecule has 0 radical (unpaired) electrons. The van der Waals surface area contributed by atoms with Gasteiger partial charge in [0.05, 0.1) is 11.5 Å². The number of aromatic nitrogens is 1. The minimum absolute atomic E-state index is 0.0578. The molecule has 12 heteroatoms. The van der Waals surface area contributed by atoms with E-state index < -0.39 is 30.3 Å². The van der Waals surface area contributed by atoms with Crippen LogP contribution in [0.4, 0.5) is 5.69 Å². The quantitative estimate of drug-likeness (QED) is 0.129. The Balaban J connectivity index is 1.59. The van der Waals surface area contributed by atoms with Crippen LogP contribution in [0.1, 0.15) is 5.89 Å². The maximum Gasteiger partial charge on any atom is 0.385 e. The molecular formula is C33H21N2O8S2+. The van der Waals surface area contributed by atoms with E-state index in [1.165, 1.54) is 18.2 Å². The SMILES string of the molecule is C=C=C=C(N1C(=CC=Cc2oc3ccc4ccccc4c3[n+]2C(=C=C=C)S(=O)(=O)O)Oc2ccc3ccccc3c21)S(=O)(=O)O. The number of hydrogen-bond donors (Lipinski definition) is 2. The molecule has 222 valence electrons. The first-order valence-corrected chi connectivity index (χ1v) is 15.9. The van der Waals surface area contributed by atoms with Gasteiger partial charge in [-0.15, -0.1) is 0 Å². The molecule has 0 bridgehead atoms. The summed E-state index contributed by atoms with van der Waals surface area (Å²) in [4.78, 5) is 1.15. The lowest BCUT2D eigenvalue weighted by atomic mass is 10.1. The number of ether oxygens (including phenoxy) is 1. The van der Waals surface area contributed by atoms with E-state index in [4.69, 9.17) is 9.15 Å². The Bertz CT molecular complexity index is 2550. The number of fused-ring (bicyclic) bond motifs is 6. The second-order valence-corrected chi connectivity index (χ2v) is 12.2. The van der Waals surface area contributed by atoms with E-state index in [1.54, 1.807) is 48.5 Å². The highest BCUT2D eigenvalue weighted by molar-refractivity contribution is 7.94. The van der Waals surface area contributed by atoms with Gasteiger partial charge in [-0.2, -0.15) is 16.8 Å². The smallest absolute Gasteiger partial charge is 0.385 e. The summed E-state index contributed by atoms with van der Waals surface area (Å²) in [6.07, 6.45) is 4.16. The topological polar surface area (TPSA) is 138 Å². The van der Waals surface area contributed by atoms with Crippen LogP contribution >= 0.6 is 0 Å². The van der Waals surface area contributed by atoms with Gasteiger partial charge in [0.2, 0.25) is 16.5 Å². The minimum atomic E-state index is -4.87. The Labute approximate surface area is 257 Å². The second kappa shape index (κ2) is 11.1. The van der Waals surface area contributed by atoms with Gasteiger partial charge in [-0.1, -0.05) is 70.6 Å². The summed E-state index contributed by atoms with van der Waals surface area (Å²) in [6.45, 7) is 6.80. The fraction of sp³-hybridized carbons (Fsp3) is 0. The number of allylic oxidation sites excluding steroid dienone is 2.